The second kappa shape index (κ2) is 5.43. The van der Waals surface area contributed by atoms with E-state index < -0.39 is 16.0 Å². The highest BCUT2D eigenvalue weighted by molar-refractivity contribution is 7.89. The van der Waals surface area contributed by atoms with Crippen molar-refractivity contribution in [1.29, 1.82) is 0 Å². The van der Waals surface area contributed by atoms with E-state index in [-0.39, 0.29) is 17.0 Å². The Bertz CT molecular complexity index is 723. The molecular formula is C12H13N3O4S. The molecular weight excluding hydrogens is 282 g/mol. The van der Waals surface area contributed by atoms with Crippen LogP contribution in [0.3, 0.4) is 0 Å². The van der Waals surface area contributed by atoms with Crippen LogP contribution in [0, 0.1) is 6.92 Å². The Labute approximate surface area is 115 Å². The lowest BCUT2D eigenvalue weighted by Gasteiger charge is -2.08. The zero-order chi connectivity index (χ0) is 14.8. The number of aromatic amines is 1. The minimum atomic E-state index is -3.77. The molecule has 1 heterocycles. The van der Waals surface area contributed by atoms with Crippen molar-refractivity contribution in [2.45, 2.75) is 18.4 Å². The fraction of sp³-hybridized carbons (Fsp3) is 0.167. The van der Waals surface area contributed by atoms with E-state index in [1.807, 2.05) is 0 Å². The number of aromatic nitrogens is 2. The first-order valence-corrected chi connectivity index (χ1v) is 7.20. The maximum atomic E-state index is 12.1. The van der Waals surface area contributed by atoms with E-state index in [1.165, 1.54) is 18.3 Å². The van der Waals surface area contributed by atoms with Gasteiger partial charge in [0.05, 0.1) is 22.7 Å². The second-order valence-corrected chi connectivity index (χ2v) is 5.96. The predicted octanol–water partition coefficient (Wildman–Crippen LogP) is 0.895. The SMILES string of the molecule is Cc1ccc(S(=O)(=O)NCc2ccn[nH]2)cc1C(=O)O. The number of aryl methyl sites for hydroxylation is 1. The maximum Gasteiger partial charge on any atom is 0.335 e. The summed E-state index contributed by atoms with van der Waals surface area (Å²) in [5.74, 6) is -1.16. The normalized spacial score (nSPS) is 11.4. The van der Waals surface area contributed by atoms with Gasteiger partial charge >= 0.3 is 5.97 Å². The molecule has 1 aromatic carbocycles. The molecule has 1 aromatic heterocycles. The van der Waals surface area contributed by atoms with Crippen molar-refractivity contribution in [1.82, 2.24) is 14.9 Å². The van der Waals surface area contributed by atoms with Crippen LogP contribution >= 0.6 is 0 Å². The fourth-order valence-corrected chi connectivity index (χ4v) is 2.67. The highest BCUT2D eigenvalue weighted by Gasteiger charge is 2.17. The lowest BCUT2D eigenvalue weighted by atomic mass is 10.1. The molecule has 106 valence electrons. The molecule has 0 radical (unpaired) electrons. The Morgan fingerprint density at radius 2 is 2.15 bits per heavy atom. The summed E-state index contributed by atoms with van der Waals surface area (Å²) in [5.41, 5.74) is 1.08. The number of carboxylic acid groups (broad SMARTS) is 1. The average Bonchev–Trinajstić information content (AvgIpc) is 2.89. The highest BCUT2D eigenvalue weighted by atomic mass is 32.2. The number of carbonyl (C=O) groups is 1. The summed E-state index contributed by atoms with van der Waals surface area (Å²) in [7, 11) is -3.77. The van der Waals surface area contributed by atoms with Crippen molar-refractivity contribution < 1.29 is 18.3 Å². The van der Waals surface area contributed by atoms with Gasteiger partial charge in [0.15, 0.2) is 0 Å². The lowest BCUT2D eigenvalue weighted by molar-refractivity contribution is 0.0696. The van der Waals surface area contributed by atoms with Crippen molar-refractivity contribution in [2.24, 2.45) is 0 Å². The van der Waals surface area contributed by atoms with Gasteiger partial charge in [0.25, 0.3) is 0 Å². The molecule has 8 heteroatoms. The Morgan fingerprint density at radius 1 is 1.40 bits per heavy atom. The minimum absolute atomic E-state index is 0.0329. The third kappa shape index (κ3) is 3.03. The summed E-state index contributed by atoms with van der Waals surface area (Å²) in [6.45, 7) is 1.66. The van der Waals surface area contributed by atoms with Crippen LogP contribution in [-0.2, 0) is 16.6 Å². The van der Waals surface area contributed by atoms with Crippen molar-refractivity contribution in [2.75, 3.05) is 0 Å². The molecule has 2 aromatic rings. The van der Waals surface area contributed by atoms with Crippen LogP contribution in [0.2, 0.25) is 0 Å². The Hall–Kier alpha value is -2.19. The average molecular weight is 295 g/mol. The number of H-pyrrole nitrogens is 1. The number of hydrogen-bond donors (Lipinski definition) is 3. The summed E-state index contributed by atoms with van der Waals surface area (Å²) in [4.78, 5) is 10.9. The van der Waals surface area contributed by atoms with Crippen LogP contribution in [0.15, 0.2) is 35.4 Å². The first kappa shape index (κ1) is 14.2. The molecule has 7 nitrogen and oxygen atoms in total. The van der Waals surface area contributed by atoms with Crippen LogP contribution in [-0.4, -0.2) is 29.7 Å². The maximum absolute atomic E-state index is 12.1. The summed E-state index contributed by atoms with van der Waals surface area (Å²) in [6.07, 6.45) is 1.51. The van der Waals surface area contributed by atoms with E-state index in [2.05, 4.69) is 14.9 Å². The van der Waals surface area contributed by atoms with Crippen molar-refractivity contribution >= 4 is 16.0 Å². The molecule has 3 N–H and O–H groups in total. The van der Waals surface area contributed by atoms with Crippen LogP contribution < -0.4 is 4.72 Å². The van der Waals surface area contributed by atoms with Crippen LogP contribution in [0.4, 0.5) is 0 Å². The van der Waals surface area contributed by atoms with Crippen LogP contribution in [0.25, 0.3) is 0 Å². The summed E-state index contributed by atoms with van der Waals surface area (Å²) in [6, 6.07) is 5.62. The topological polar surface area (TPSA) is 112 Å². The van der Waals surface area contributed by atoms with Gasteiger partial charge in [0, 0.05) is 6.20 Å². The first-order chi connectivity index (χ1) is 9.40. The summed E-state index contributed by atoms with van der Waals surface area (Å²) < 4.78 is 26.5. The van der Waals surface area contributed by atoms with Gasteiger partial charge in [-0.3, -0.25) is 5.10 Å². The third-order valence-electron chi connectivity index (χ3n) is 2.76. The second-order valence-electron chi connectivity index (χ2n) is 4.19. The smallest absolute Gasteiger partial charge is 0.335 e. The number of aromatic carboxylic acids is 1. The van der Waals surface area contributed by atoms with Gasteiger partial charge in [0.2, 0.25) is 10.0 Å². The van der Waals surface area contributed by atoms with Gasteiger partial charge in [-0.25, -0.2) is 17.9 Å². The van der Waals surface area contributed by atoms with Gasteiger partial charge in [-0.2, -0.15) is 5.10 Å². The zero-order valence-electron chi connectivity index (χ0n) is 10.6. The number of nitrogens with one attached hydrogen (secondary N) is 2. The van der Waals surface area contributed by atoms with E-state index in [1.54, 1.807) is 13.0 Å². The van der Waals surface area contributed by atoms with Crippen molar-refractivity contribution in [3.63, 3.8) is 0 Å². The molecule has 0 atom stereocenters. The standard InChI is InChI=1S/C12H13N3O4S/c1-8-2-3-10(6-11(8)12(16)17)20(18,19)14-7-9-4-5-13-15-9/h2-6,14H,7H2,1H3,(H,13,15)(H,16,17). The molecule has 0 saturated carbocycles. The monoisotopic (exact) mass is 295 g/mol. The molecule has 0 aliphatic rings. The molecule has 0 unspecified atom stereocenters. The molecule has 2 rings (SSSR count). The molecule has 0 spiro atoms. The van der Waals surface area contributed by atoms with Crippen molar-refractivity contribution in [3.05, 3.63) is 47.3 Å². The van der Waals surface area contributed by atoms with Crippen LogP contribution in [0.1, 0.15) is 21.6 Å². The summed E-state index contributed by atoms with van der Waals surface area (Å²) >= 11 is 0. The molecule has 0 aliphatic heterocycles. The Kier molecular flexibility index (Phi) is 3.86. The van der Waals surface area contributed by atoms with Gasteiger partial charge in [0.1, 0.15) is 0 Å². The number of carboxylic acids is 1. The molecule has 0 bridgehead atoms. The minimum Gasteiger partial charge on any atom is -0.478 e. The molecule has 0 fully saturated rings. The quantitative estimate of drug-likeness (QED) is 0.758. The van der Waals surface area contributed by atoms with Gasteiger partial charge in [-0.1, -0.05) is 6.07 Å². The largest absolute Gasteiger partial charge is 0.478 e. The van der Waals surface area contributed by atoms with E-state index in [0.717, 1.165) is 6.07 Å². The number of benzene rings is 1. The Balaban J connectivity index is 2.25. The van der Waals surface area contributed by atoms with Gasteiger partial charge in [-0.05, 0) is 30.7 Å². The number of rotatable bonds is 5. The Morgan fingerprint density at radius 3 is 2.75 bits per heavy atom. The lowest BCUT2D eigenvalue weighted by Crippen LogP contribution is -2.23. The summed E-state index contributed by atoms with van der Waals surface area (Å²) in [5, 5.41) is 15.3. The third-order valence-corrected chi connectivity index (χ3v) is 4.16. The molecule has 20 heavy (non-hydrogen) atoms. The predicted molar refractivity (Wildman–Crippen MR) is 70.8 cm³/mol. The van der Waals surface area contributed by atoms with Gasteiger partial charge < -0.3 is 5.11 Å². The number of nitrogens with zero attached hydrogens (tertiary/aromatic N) is 1. The van der Waals surface area contributed by atoms with Crippen molar-refractivity contribution in [3.8, 4) is 0 Å². The van der Waals surface area contributed by atoms with Crippen LogP contribution in [0.5, 0.6) is 0 Å². The van der Waals surface area contributed by atoms with E-state index in [4.69, 9.17) is 5.11 Å². The molecule has 0 saturated heterocycles. The van der Waals surface area contributed by atoms with E-state index >= 15 is 0 Å². The van der Waals surface area contributed by atoms with E-state index in [0.29, 0.717) is 11.3 Å². The zero-order valence-corrected chi connectivity index (χ0v) is 11.4. The number of sulfonamides is 1. The first-order valence-electron chi connectivity index (χ1n) is 5.72. The van der Waals surface area contributed by atoms with Gasteiger partial charge in [-0.15, -0.1) is 0 Å². The fourth-order valence-electron chi connectivity index (χ4n) is 1.64. The van der Waals surface area contributed by atoms with E-state index in [9.17, 15) is 13.2 Å². The highest BCUT2D eigenvalue weighted by Crippen LogP contribution is 2.16. The molecule has 0 aliphatic carbocycles. The number of hydrogen-bond acceptors (Lipinski definition) is 4. The molecule has 0 amide bonds.